The van der Waals surface area contributed by atoms with Gasteiger partial charge in [-0.3, -0.25) is 14.7 Å². The largest absolute Gasteiger partial charge is 0.352 e. The molecule has 1 unspecified atom stereocenters. The van der Waals surface area contributed by atoms with Crippen LogP contribution in [0.15, 0.2) is 48.7 Å². The van der Waals surface area contributed by atoms with Crippen LogP contribution in [0, 0.1) is 0 Å². The third-order valence-corrected chi connectivity index (χ3v) is 4.78. The van der Waals surface area contributed by atoms with Crippen LogP contribution < -0.4 is 5.32 Å². The molecule has 2 aromatic rings. The number of nitrogens with zero attached hydrogens (tertiary/aromatic N) is 2. The average molecular weight is 358 g/mol. The second kappa shape index (κ2) is 8.97. The number of carbonyl (C=O) groups is 1. The second-order valence-electron chi connectivity index (χ2n) is 6.59. The van der Waals surface area contributed by atoms with Crippen molar-refractivity contribution in [1.82, 2.24) is 15.2 Å². The number of carbonyl (C=O) groups excluding carboxylic acids is 1. The highest BCUT2D eigenvalue weighted by Gasteiger charge is 2.21. The molecular weight excluding hydrogens is 334 g/mol. The number of benzene rings is 1. The zero-order valence-corrected chi connectivity index (χ0v) is 15.1. The van der Waals surface area contributed by atoms with Crippen molar-refractivity contribution in [2.75, 3.05) is 13.1 Å². The van der Waals surface area contributed by atoms with E-state index in [1.165, 1.54) is 5.56 Å². The minimum absolute atomic E-state index is 0.115. The fourth-order valence-corrected chi connectivity index (χ4v) is 3.38. The van der Waals surface area contributed by atoms with Gasteiger partial charge in [-0.1, -0.05) is 29.8 Å². The minimum atomic E-state index is 0.115. The number of aryl methyl sites for hydroxylation is 1. The summed E-state index contributed by atoms with van der Waals surface area (Å²) in [7, 11) is 0. The Morgan fingerprint density at radius 1 is 1.24 bits per heavy atom. The summed E-state index contributed by atoms with van der Waals surface area (Å²) in [5.74, 6) is 0.115. The normalized spacial score (nSPS) is 18.0. The van der Waals surface area contributed by atoms with Crippen LogP contribution in [0.25, 0.3) is 0 Å². The number of halogens is 1. The number of hydrogen-bond acceptors (Lipinski definition) is 3. The lowest BCUT2D eigenvalue weighted by Crippen LogP contribution is -2.47. The van der Waals surface area contributed by atoms with Gasteiger partial charge in [-0.15, -0.1) is 0 Å². The molecule has 1 atom stereocenters. The lowest BCUT2D eigenvalue weighted by atomic mass is 10.0. The molecule has 1 aliphatic rings. The van der Waals surface area contributed by atoms with E-state index in [1.54, 1.807) is 6.20 Å². The van der Waals surface area contributed by atoms with Crippen LogP contribution in [-0.4, -0.2) is 34.9 Å². The van der Waals surface area contributed by atoms with Crippen molar-refractivity contribution in [2.24, 2.45) is 0 Å². The first kappa shape index (κ1) is 17.9. The molecule has 1 saturated heterocycles. The third kappa shape index (κ3) is 5.83. The van der Waals surface area contributed by atoms with E-state index in [4.69, 9.17) is 11.6 Å². The summed E-state index contributed by atoms with van der Waals surface area (Å²) in [5.41, 5.74) is 2.22. The number of piperidine rings is 1. The van der Waals surface area contributed by atoms with Crippen LogP contribution in [0.1, 0.15) is 30.5 Å². The quantitative estimate of drug-likeness (QED) is 0.861. The fourth-order valence-electron chi connectivity index (χ4n) is 3.25. The first-order valence-corrected chi connectivity index (χ1v) is 9.23. The van der Waals surface area contributed by atoms with Crippen LogP contribution in [0.3, 0.4) is 0 Å². The Labute approximate surface area is 154 Å². The average Bonchev–Trinajstić information content (AvgIpc) is 2.63. The van der Waals surface area contributed by atoms with Gasteiger partial charge in [-0.25, -0.2) is 0 Å². The van der Waals surface area contributed by atoms with E-state index in [0.717, 1.165) is 43.2 Å². The van der Waals surface area contributed by atoms with Gasteiger partial charge in [0.15, 0.2) is 0 Å². The summed E-state index contributed by atoms with van der Waals surface area (Å²) >= 11 is 5.94. The highest BCUT2D eigenvalue weighted by molar-refractivity contribution is 6.30. The molecule has 1 fully saturated rings. The topological polar surface area (TPSA) is 45.2 Å². The molecule has 132 valence electrons. The van der Waals surface area contributed by atoms with E-state index in [9.17, 15) is 4.79 Å². The first-order valence-electron chi connectivity index (χ1n) is 8.85. The highest BCUT2D eigenvalue weighted by Crippen LogP contribution is 2.16. The number of nitrogens with one attached hydrogen (secondary N) is 1. The lowest BCUT2D eigenvalue weighted by molar-refractivity contribution is -0.122. The van der Waals surface area contributed by atoms with Gasteiger partial charge in [0.05, 0.1) is 0 Å². The van der Waals surface area contributed by atoms with Gasteiger partial charge in [0.25, 0.3) is 0 Å². The monoisotopic (exact) mass is 357 g/mol. The maximum Gasteiger partial charge on any atom is 0.220 e. The highest BCUT2D eigenvalue weighted by atomic mass is 35.5. The Kier molecular flexibility index (Phi) is 6.42. The Hall–Kier alpha value is -1.91. The smallest absolute Gasteiger partial charge is 0.220 e. The zero-order chi connectivity index (χ0) is 17.5. The number of amides is 1. The van der Waals surface area contributed by atoms with Crippen LogP contribution in [-0.2, 0) is 17.8 Å². The van der Waals surface area contributed by atoms with Crippen molar-refractivity contribution >= 4 is 17.5 Å². The molecule has 5 heteroatoms. The molecule has 0 aliphatic carbocycles. The van der Waals surface area contributed by atoms with Gasteiger partial charge in [0, 0.05) is 42.5 Å². The molecule has 1 aliphatic heterocycles. The SMILES string of the molecule is O=C(CCc1ccccn1)NC1CCCN(Cc2ccc(Cl)cc2)C1. The first-order chi connectivity index (χ1) is 12.2. The molecule has 0 spiro atoms. The Balaban J connectivity index is 1.44. The minimum Gasteiger partial charge on any atom is -0.352 e. The Morgan fingerprint density at radius 3 is 2.84 bits per heavy atom. The molecule has 0 radical (unpaired) electrons. The van der Waals surface area contributed by atoms with Crippen molar-refractivity contribution < 1.29 is 4.79 Å². The molecule has 2 heterocycles. The summed E-state index contributed by atoms with van der Waals surface area (Å²) in [4.78, 5) is 18.9. The molecule has 4 nitrogen and oxygen atoms in total. The summed E-state index contributed by atoms with van der Waals surface area (Å²) in [5, 5.41) is 3.95. The van der Waals surface area contributed by atoms with Crippen LogP contribution in [0.5, 0.6) is 0 Å². The molecule has 1 N–H and O–H groups in total. The predicted octanol–water partition coefficient (Wildman–Crippen LogP) is 3.45. The molecule has 0 bridgehead atoms. The number of rotatable bonds is 6. The van der Waals surface area contributed by atoms with E-state index < -0.39 is 0 Å². The number of likely N-dealkylation sites (tertiary alicyclic amines) is 1. The summed E-state index contributed by atoms with van der Waals surface area (Å²) < 4.78 is 0. The lowest BCUT2D eigenvalue weighted by Gasteiger charge is -2.33. The van der Waals surface area contributed by atoms with Gasteiger partial charge in [0.1, 0.15) is 0 Å². The van der Waals surface area contributed by atoms with E-state index in [0.29, 0.717) is 12.8 Å². The zero-order valence-electron chi connectivity index (χ0n) is 14.3. The summed E-state index contributed by atoms with van der Waals surface area (Å²) in [6, 6.07) is 14.0. The van der Waals surface area contributed by atoms with Gasteiger partial charge in [0.2, 0.25) is 5.91 Å². The summed E-state index contributed by atoms with van der Waals surface area (Å²) in [6.07, 6.45) is 5.10. The van der Waals surface area contributed by atoms with Crippen molar-refractivity contribution in [1.29, 1.82) is 0 Å². The molecule has 1 aromatic heterocycles. The van der Waals surface area contributed by atoms with Crippen molar-refractivity contribution in [2.45, 2.75) is 38.3 Å². The summed E-state index contributed by atoms with van der Waals surface area (Å²) in [6.45, 7) is 2.87. The predicted molar refractivity (Wildman–Crippen MR) is 100 cm³/mol. The van der Waals surface area contributed by atoms with Crippen LogP contribution in [0.4, 0.5) is 0 Å². The van der Waals surface area contributed by atoms with E-state index >= 15 is 0 Å². The van der Waals surface area contributed by atoms with Crippen molar-refractivity contribution in [3.05, 3.63) is 64.9 Å². The standard InChI is InChI=1S/C20H24ClN3O/c21-17-8-6-16(7-9-17)14-24-13-3-5-19(15-24)23-20(25)11-10-18-4-1-2-12-22-18/h1-2,4,6-9,12,19H,3,5,10-11,13-15H2,(H,23,25). The maximum absolute atomic E-state index is 12.2. The molecule has 0 saturated carbocycles. The van der Waals surface area contributed by atoms with Crippen molar-refractivity contribution in [3.63, 3.8) is 0 Å². The Morgan fingerprint density at radius 2 is 2.08 bits per heavy atom. The van der Waals surface area contributed by atoms with Gasteiger partial charge < -0.3 is 5.32 Å². The van der Waals surface area contributed by atoms with E-state index in [1.807, 2.05) is 30.3 Å². The van der Waals surface area contributed by atoms with Gasteiger partial charge in [-0.05, 0) is 55.6 Å². The Bertz CT molecular complexity index is 675. The maximum atomic E-state index is 12.2. The molecule has 1 aromatic carbocycles. The van der Waals surface area contributed by atoms with E-state index in [2.05, 4.69) is 27.3 Å². The molecule has 25 heavy (non-hydrogen) atoms. The third-order valence-electron chi connectivity index (χ3n) is 4.52. The number of hydrogen-bond donors (Lipinski definition) is 1. The van der Waals surface area contributed by atoms with Crippen LogP contribution >= 0.6 is 11.6 Å². The number of pyridine rings is 1. The second-order valence-corrected chi connectivity index (χ2v) is 7.03. The van der Waals surface area contributed by atoms with Crippen molar-refractivity contribution in [3.8, 4) is 0 Å². The molecule has 1 amide bonds. The molecule has 3 rings (SSSR count). The van der Waals surface area contributed by atoms with Crippen LogP contribution in [0.2, 0.25) is 5.02 Å². The fraction of sp³-hybridized carbons (Fsp3) is 0.400. The number of aromatic nitrogens is 1. The molecular formula is C20H24ClN3O. The van der Waals surface area contributed by atoms with E-state index in [-0.39, 0.29) is 11.9 Å². The van der Waals surface area contributed by atoms with Gasteiger partial charge in [-0.2, -0.15) is 0 Å². The van der Waals surface area contributed by atoms with Gasteiger partial charge >= 0.3 is 0 Å².